The number of hydrogen-bond acceptors (Lipinski definition) is 3. The van der Waals surface area contributed by atoms with E-state index in [1.165, 1.54) is 11.3 Å². The van der Waals surface area contributed by atoms with Gasteiger partial charge in [0.2, 0.25) is 0 Å². The molecule has 1 heterocycles. The lowest BCUT2D eigenvalue weighted by atomic mass is 10.1. The van der Waals surface area contributed by atoms with Crippen molar-refractivity contribution in [3.8, 4) is 0 Å². The summed E-state index contributed by atoms with van der Waals surface area (Å²) in [6.07, 6.45) is 0. The van der Waals surface area contributed by atoms with Crippen LogP contribution in [0.15, 0.2) is 18.2 Å². The molecule has 1 aliphatic rings. The summed E-state index contributed by atoms with van der Waals surface area (Å²) in [5.41, 5.74) is 2.43. The van der Waals surface area contributed by atoms with E-state index >= 15 is 0 Å². The number of anilines is 1. The zero-order valence-corrected chi connectivity index (χ0v) is 11.0. The fraction of sp³-hybridized carbons (Fsp3) is 0.538. The third kappa shape index (κ3) is 3.12. The molecule has 2 rings (SSSR count). The van der Waals surface area contributed by atoms with Crippen LogP contribution in [0, 0.1) is 0 Å². The third-order valence-electron chi connectivity index (χ3n) is 3.00. The van der Waals surface area contributed by atoms with E-state index in [4.69, 9.17) is 16.3 Å². The molecule has 0 aliphatic carbocycles. The molecule has 17 heavy (non-hydrogen) atoms. The first kappa shape index (κ1) is 12.7. The van der Waals surface area contributed by atoms with Crippen LogP contribution < -0.4 is 10.2 Å². The van der Waals surface area contributed by atoms with Gasteiger partial charge in [-0.25, -0.2) is 0 Å². The molecule has 1 aromatic carbocycles. The molecule has 0 unspecified atom stereocenters. The topological polar surface area (TPSA) is 24.5 Å². The summed E-state index contributed by atoms with van der Waals surface area (Å²) in [6, 6.07) is 6.12. The highest BCUT2D eigenvalue weighted by Gasteiger charge is 2.15. The summed E-state index contributed by atoms with van der Waals surface area (Å²) in [4.78, 5) is 2.35. The van der Waals surface area contributed by atoms with E-state index in [0.29, 0.717) is 0 Å². The molecule has 0 amide bonds. The number of rotatable bonds is 4. The van der Waals surface area contributed by atoms with Crippen molar-refractivity contribution < 1.29 is 4.74 Å². The van der Waals surface area contributed by atoms with Gasteiger partial charge >= 0.3 is 0 Å². The average Bonchev–Trinajstić information content (AvgIpc) is 2.38. The normalized spacial score (nSPS) is 16.2. The van der Waals surface area contributed by atoms with Gasteiger partial charge in [-0.1, -0.05) is 24.6 Å². The molecule has 0 radical (unpaired) electrons. The van der Waals surface area contributed by atoms with Gasteiger partial charge in [0.1, 0.15) is 0 Å². The summed E-state index contributed by atoms with van der Waals surface area (Å²) in [7, 11) is 0. The summed E-state index contributed by atoms with van der Waals surface area (Å²) in [5, 5.41) is 4.19. The van der Waals surface area contributed by atoms with Crippen molar-refractivity contribution in [2.75, 3.05) is 37.7 Å². The maximum absolute atomic E-state index is 6.29. The second-order valence-corrected chi connectivity index (χ2v) is 4.52. The summed E-state index contributed by atoms with van der Waals surface area (Å²) in [6.45, 7) is 7.36. The van der Waals surface area contributed by atoms with Crippen LogP contribution in [0.2, 0.25) is 5.02 Å². The fourth-order valence-electron chi connectivity index (χ4n) is 2.07. The Balaban J connectivity index is 2.21. The van der Waals surface area contributed by atoms with Crippen molar-refractivity contribution in [2.45, 2.75) is 13.5 Å². The van der Waals surface area contributed by atoms with Gasteiger partial charge in [0.25, 0.3) is 0 Å². The number of nitrogens with one attached hydrogen (secondary N) is 1. The Hall–Kier alpha value is -0.770. The van der Waals surface area contributed by atoms with Crippen LogP contribution in [-0.4, -0.2) is 32.8 Å². The molecule has 0 aromatic heterocycles. The average molecular weight is 255 g/mol. The monoisotopic (exact) mass is 254 g/mol. The highest BCUT2D eigenvalue weighted by Crippen LogP contribution is 2.28. The summed E-state index contributed by atoms with van der Waals surface area (Å²) >= 11 is 6.29. The molecule has 94 valence electrons. The predicted octanol–water partition coefficient (Wildman–Crippen LogP) is 2.29. The lowest BCUT2D eigenvalue weighted by Crippen LogP contribution is -2.37. The molecule has 4 heteroatoms. The van der Waals surface area contributed by atoms with Crippen molar-refractivity contribution >= 4 is 17.3 Å². The van der Waals surface area contributed by atoms with Gasteiger partial charge in [-0.2, -0.15) is 0 Å². The Morgan fingerprint density at radius 2 is 2.12 bits per heavy atom. The maximum Gasteiger partial charge on any atom is 0.0642 e. The van der Waals surface area contributed by atoms with Gasteiger partial charge in [-0.05, 0) is 18.7 Å². The molecule has 1 N–H and O–H groups in total. The fourth-order valence-corrected chi connectivity index (χ4v) is 2.31. The number of benzene rings is 1. The zero-order chi connectivity index (χ0) is 12.1. The van der Waals surface area contributed by atoms with Crippen molar-refractivity contribution in [3.05, 3.63) is 28.8 Å². The molecule has 3 nitrogen and oxygen atoms in total. The van der Waals surface area contributed by atoms with Crippen LogP contribution in [0.4, 0.5) is 5.69 Å². The second kappa shape index (κ2) is 6.24. The quantitative estimate of drug-likeness (QED) is 0.892. The first-order chi connectivity index (χ1) is 8.33. The molecule has 0 bridgehead atoms. The molecule has 1 aliphatic heterocycles. The standard InChI is InChI=1S/C13H19ClN2O/c1-2-15-10-11-12(14)4-3-5-13(11)16-6-8-17-9-7-16/h3-5,15H,2,6-10H2,1H3. The maximum atomic E-state index is 6.29. The molecular weight excluding hydrogens is 236 g/mol. The van der Waals surface area contributed by atoms with Crippen LogP contribution in [0.25, 0.3) is 0 Å². The second-order valence-electron chi connectivity index (χ2n) is 4.12. The first-order valence-electron chi connectivity index (χ1n) is 6.13. The van der Waals surface area contributed by atoms with E-state index in [9.17, 15) is 0 Å². The lowest BCUT2D eigenvalue weighted by Gasteiger charge is -2.31. The third-order valence-corrected chi connectivity index (χ3v) is 3.35. The van der Waals surface area contributed by atoms with Gasteiger partial charge in [0.05, 0.1) is 13.2 Å². The minimum Gasteiger partial charge on any atom is -0.378 e. The number of hydrogen-bond donors (Lipinski definition) is 1. The molecule has 1 fully saturated rings. The predicted molar refractivity (Wildman–Crippen MR) is 71.9 cm³/mol. The van der Waals surface area contributed by atoms with E-state index in [1.807, 2.05) is 12.1 Å². The molecule has 1 aromatic rings. The Bertz CT molecular complexity index is 364. The van der Waals surface area contributed by atoms with Gasteiger partial charge in [0.15, 0.2) is 0 Å². The highest BCUT2D eigenvalue weighted by atomic mass is 35.5. The Morgan fingerprint density at radius 1 is 1.35 bits per heavy atom. The number of halogens is 1. The number of morpholine rings is 1. The van der Waals surface area contributed by atoms with Gasteiger partial charge in [-0.15, -0.1) is 0 Å². The lowest BCUT2D eigenvalue weighted by molar-refractivity contribution is 0.122. The number of ether oxygens (including phenoxy) is 1. The van der Waals surface area contributed by atoms with E-state index in [0.717, 1.165) is 44.4 Å². The van der Waals surface area contributed by atoms with Crippen LogP contribution in [-0.2, 0) is 11.3 Å². The van der Waals surface area contributed by atoms with Gasteiger partial charge in [0, 0.05) is 35.9 Å². The molecule has 0 spiro atoms. The first-order valence-corrected chi connectivity index (χ1v) is 6.51. The van der Waals surface area contributed by atoms with Crippen LogP contribution in [0.5, 0.6) is 0 Å². The Labute approximate surface area is 108 Å². The van der Waals surface area contributed by atoms with Crippen LogP contribution in [0.3, 0.4) is 0 Å². The van der Waals surface area contributed by atoms with E-state index in [2.05, 4.69) is 23.2 Å². The van der Waals surface area contributed by atoms with Crippen LogP contribution in [0.1, 0.15) is 12.5 Å². The van der Waals surface area contributed by atoms with Crippen molar-refractivity contribution in [3.63, 3.8) is 0 Å². The minimum atomic E-state index is 0.799. The van der Waals surface area contributed by atoms with Crippen LogP contribution >= 0.6 is 11.6 Å². The summed E-state index contributed by atoms with van der Waals surface area (Å²) in [5.74, 6) is 0. The van der Waals surface area contributed by atoms with Gasteiger partial charge in [-0.3, -0.25) is 0 Å². The molecular formula is C13H19ClN2O. The highest BCUT2D eigenvalue weighted by molar-refractivity contribution is 6.31. The minimum absolute atomic E-state index is 0.799. The van der Waals surface area contributed by atoms with E-state index < -0.39 is 0 Å². The van der Waals surface area contributed by atoms with E-state index in [-0.39, 0.29) is 0 Å². The number of nitrogens with zero attached hydrogens (tertiary/aromatic N) is 1. The molecule has 0 atom stereocenters. The summed E-state index contributed by atoms with van der Waals surface area (Å²) < 4.78 is 5.38. The molecule has 1 saturated heterocycles. The Kier molecular flexibility index (Phi) is 4.66. The van der Waals surface area contributed by atoms with Crippen molar-refractivity contribution in [2.24, 2.45) is 0 Å². The van der Waals surface area contributed by atoms with Crippen molar-refractivity contribution in [1.29, 1.82) is 0 Å². The van der Waals surface area contributed by atoms with Crippen molar-refractivity contribution in [1.82, 2.24) is 5.32 Å². The largest absolute Gasteiger partial charge is 0.378 e. The van der Waals surface area contributed by atoms with Gasteiger partial charge < -0.3 is 15.0 Å². The molecule has 0 saturated carbocycles. The Morgan fingerprint density at radius 3 is 2.82 bits per heavy atom. The zero-order valence-electron chi connectivity index (χ0n) is 10.2. The SMILES string of the molecule is CCNCc1c(Cl)cccc1N1CCOCC1. The van der Waals surface area contributed by atoms with E-state index in [1.54, 1.807) is 0 Å². The smallest absolute Gasteiger partial charge is 0.0642 e.